The number of hydrogen-bond acceptors (Lipinski definition) is 4. The quantitative estimate of drug-likeness (QED) is 0.786. The van der Waals surface area contributed by atoms with Gasteiger partial charge in [-0.25, -0.2) is 9.97 Å². The number of hydrogen-bond donors (Lipinski definition) is 1. The monoisotopic (exact) mass is 264 g/mol. The molecule has 0 aliphatic rings. The Morgan fingerprint density at radius 1 is 1.10 bits per heavy atom. The van der Waals surface area contributed by atoms with E-state index in [0.29, 0.717) is 6.54 Å². The molecule has 0 saturated carbocycles. The minimum absolute atomic E-state index is 0.705. The van der Waals surface area contributed by atoms with E-state index in [1.165, 1.54) is 5.56 Å². The molecule has 4 nitrogen and oxygen atoms in total. The second kappa shape index (κ2) is 5.65. The highest BCUT2D eigenvalue weighted by atomic mass is 15.0. The van der Waals surface area contributed by atoms with Crippen LogP contribution in [0.25, 0.3) is 10.9 Å². The van der Waals surface area contributed by atoms with E-state index in [1.807, 2.05) is 24.4 Å². The van der Waals surface area contributed by atoms with E-state index >= 15 is 0 Å². The first-order chi connectivity index (χ1) is 9.86. The molecule has 0 bridgehead atoms. The molecule has 0 atom stereocenters. The van der Waals surface area contributed by atoms with Crippen molar-refractivity contribution in [3.8, 4) is 0 Å². The third-order valence-corrected chi connectivity index (χ3v) is 3.29. The first-order valence-corrected chi connectivity index (χ1v) is 6.73. The highest BCUT2D eigenvalue weighted by Gasteiger charge is 2.04. The Kier molecular flexibility index (Phi) is 3.54. The molecule has 0 saturated heterocycles. The fourth-order valence-corrected chi connectivity index (χ4v) is 2.15. The van der Waals surface area contributed by atoms with Gasteiger partial charge in [-0.1, -0.05) is 19.1 Å². The van der Waals surface area contributed by atoms with Crippen LogP contribution in [0.1, 0.15) is 18.1 Å². The Labute approximate surface area is 117 Å². The lowest BCUT2D eigenvalue weighted by atomic mass is 10.1. The van der Waals surface area contributed by atoms with Crippen LogP contribution in [-0.2, 0) is 13.0 Å². The van der Waals surface area contributed by atoms with Crippen molar-refractivity contribution in [3.63, 3.8) is 0 Å². The topological polar surface area (TPSA) is 50.7 Å². The largest absolute Gasteiger partial charge is 0.365 e. The molecule has 3 aromatic rings. The van der Waals surface area contributed by atoms with E-state index in [-0.39, 0.29) is 0 Å². The molecule has 0 fully saturated rings. The van der Waals surface area contributed by atoms with Crippen LogP contribution >= 0.6 is 0 Å². The number of aryl methyl sites for hydroxylation is 1. The molecule has 1 aromatic carbocycles. The second-order valence-electron chi connectivity index (χ2n) is 4.64. The summed E-state index contributed by atoms with van der Waals surface area (Å²) in [6.45, 7) is 2.85. The average molecular weight is 264 g/mol. The van der Waals surface area contributed by atoms with E-state index in [2.05, 4.69) is 39.3 Å². The number of anilines is 1. The summed E-state index contributed by atoms with van der Waals surface area (Å²) in [7, 11) is 0. The lowest BCUT2D eigenvalue weighted by Crippen LogP contribution is -2.03. The Morgan fingerprint density at radius 2 is 2.05 bits per heavy atom. The molecule has 0 unspecified atom stereocenters. The van der Waals surface area contributed by atoms with Gasteiger partial charge in [-0.2, -0.15) is 0 Å². The van der Waals surface area contributed by atoms with Crippen molar-refractivity contribution < 1.29 is 0 Å². The van der Waals surface area contributed by atoms with Gasteiger partial charge in [0.1, 0.15) is 12.1 Å². The van der Waals surface area contributed by atoms with Crippen LogP contribution in [0.15, 0.2) is 49.1 Å². The van der Waals surface area contributed by atoms with Crippen LogP contribution in [0, 0.1) is 0 Å². The Balaban J connectivity index is 1.90. The molecule has 0 radical (unpaired) electrons. The van der Waals surface area contributed by atoms with Crippen molar-refractivity contribution in [2.45, 2.75) is 19.9 Å². The van der Waals surface area contributed by atoms with Crippen LogP contribution in [0.5, 0.6) is 0 Å². The lowest BCUT2D eigenvalue weighted by molar-refractivity contribution is 1.08. The van der Waals surface area contributed by atoms with E-state index in [1.54, 1.807) is 12.5 Å². The molecule has 0 amide bonds. The van der Waals surface area contributed by atoms with Gasteiger partial charge in [0.05, 0.1) is 5.52 Å². The number of nitrogens with zero attached hydrogens (tertiary/aromatic N) is 3. The van der Waals surface area contributed by atoms with Gasteiger partial charge in [0.2, 0.25) is 0 Å². The Hall–Kier alpha value is -2.49. The van der Waals surface area contributed by atoms with Gasteiger partial charge >= 0.3 is 0 Å². The van der Waals surface area contributed by atoms with Gasteiger partial charge in [-0.15, -0.1) is 0 Å². The summed E-state index contributed by atoms with van der Waals surface area (Å²) in [5, 5.41) is 4.43. The first kappa shape index (κ1) is 12.5. The SMILES string of the molecule is CCc1ccc2ncnc(NCc3cccnc3)c2c1. The zero-order valence-corrected chi connectivity index (χ0v) is 11.4. The summed E-state index contributed by atoms with van der Waals surface area (Å²) in [6.07, 6.45) is 6.23. The van der Waals surface area contributed by atoms with Gasteiger partial charge < -0.3 is 5.32 Å². The molecule has 100 valence electrons. The highest BCUT2D eigenvalue weighted by molar-refractivity contribution is 5.89. The van der Waals surface area contributed by atoms with Crippen molar-refractivity contribution in [1.82, 2.24) is 15.0 Å². The smallest absolute Gasteiger partial charge is 0.137 e. The third-order valence-electron chi connectivity index (χ3n) is 3.29. The summed E-state index contributed by atoms with van der Waals surface area (Å²) in [5.41, 5.74) is 3.38. The molecule has 20 heavy (non-hydrogen) atoms. The summed E-state index contributed by atoms with van der Waals surface area (Å²) in [5.74, 6) is 0.870. The minimum atomic E-state index is 0.705. The summed E-state index contributed by atoms with van der Waals surface area (Å²) >= 11 is 0. The van der Waals surface area contributed by atoms with Crippen molar-refractivity contribution in [2.24, 2.45) is 0 Å². The Morgan fingerprint density at radius 3 is 2.85 bits per heavy atom. The number of pyridine rings is 1. The van der Waals surface area contributed by atoms with Gasteiger partial charge in [-0.05, 0) is 35.7 Å². The maximum atomic E-state index is 4.35. The molecule has 4 heteroatoms. The molecule has 0 spiro atoms. The number of rotatable bonds is 4. The first-order valence-electron chi connectivity index (χ1n) is 6.73. The van der Waals surface area contributed by atoms with Crippen LogP contribution in [0.2, 0.25) is 0 Å². The zero-order chi connectivity index (χ0) is 13.8. The molecular weight excluding hydrogens is 248 g/mol. The standard InChI is InChI=1S/C16H16N4/c1-2-12-5-6-15-14(8-12)16(20-11-19-15)18-10-13-4-3-7-17-9-13/h3-9,11H,2,10H2,1H3,(H,18,19,20). The highest BCUT2D eigenvalue weighted by Crippen LogP contribution is 2.21. The summed E-state index contributed by atoms with van der Waals surface area (Å²) in [4.78, 5) is 12.8. The van der Waals surface area contributed by atoms with Crippen molar-refractivity contribution in [2.75, 3.05) is 5.32 Å². The van der Waals surface area contributed by atoms with Crippen molar-refractivity contribution in [1.29, 1.82) is 0 Å². The Bertz CT molecular complexity index is 710. The molecule has 2 heterocycles. The van der Waals surface area contributed by atoms with Crippen LogP contribution in [0.3, 0.4) is 0 Å². The van der Waals surface area contributed by atoms with Gasteiger partial charge in [0.25, 0.3) is 0 Å². The average Bonchev–Trinajstić information content (AvgIpc) is 2.53. The number of nitrogens with one attached hydrogen (secondary N) is 1. The maximum absolute atomic E-state index is 4.35. The normalized spacial score (nSPS) is 10.7. The maximum Gasteiger partial charge on any atom is 0.137 e. The van der Waals surface area contributed by atoms with Gasteiger partial charge in [0, 0.05) is 24.3 Å². The second-order valence-corrected chi connectivity index (χ2v) is 4.64. The molecule has 3 rings (SSSR count). The molecule has 0 aliphatic carbocycles. The fourth-order valence-electron chi connectivity index (χ4n) is 2.15. The molecule has 1 N–H and O–H groups in total. The van der Waals surface area contributed by atoms with Crippen molar-refractivity contribution >= 4 is 16.7 Å². The van der Waals surface area contributed by atoms with Crippen LogP contribution in [0.4, 0.5) is 5.82 Å². The van der Waals surface area contributed by atoms with Gasteiger partial charge in [0.15, 0.2) is 0 Å². The van der Waals surface area contributed by atoms with Crippen LogP contribution in [-0.4, -0.2) is 15.0 Å². The third kappa shape index (κ3) is 2.59. The van der Waals surface area contributed by atoms with Gasteiger partial charge in [-0.3, -0.25) is 4.98 Å². The minimum Gasteiger partial charge on any atom is -0.365 e. The molecular formula is C16H16N4. The van der Waals surface area contributed by atoms with Crippen LogP contribution < -0.4 is 5.32 Å². The number of benzene rings is 1. The van der Waals surface area contributed by atoms with E-state index in [0.717, 1.165) is 28.7 Å². The predicted molar refractivity (Wildman–Crippen MR) is 80.5 cm³/mol. The van der Waals surface area contributed by atoms with E-state index in [9.17, 15) is 0 Å². The number of fused-ring (bicyclic) bond motifs is 1. The summed E-state index contributed by atoms with van der Waals surface area (Å²) < 4.78 is 0. The number of aromatic nitrogens is 3. The molecule has 2 aromatic heterocycles. The molecule has 0 aliphatic heterocycles. The zero-order valence-electron chi connectivity index (χ0n) is 11.4. The van der Waals surface area contributed by atoms with Crippen molar-refractivity contribution in [3.05, 3.63) is 60.2 Å². The summed E-state index contributed by atoms with van der Waals surface area (Å²) in [6, 6.07) is 10.3. The fraction of sp³-hybridized carbons (Fsp3) is 0.188. The van der Waals surface area contributed by atoms with E-state index in [4.69, 9.17) is 0 Å². The lowest BCUT2D eigenvalue weighted by Gasteiger charge is -2.09. The predicted octanol–water partition coefficient (Wildman–Crippen LogP) is 3.20. The van der Waals surface area contributed by atoms with E-state index < -0.39 is 0 Å².